The summed E-state index contributed by atoms with van der Waals surface area (Å²) in [4.78, 5) is 56.7. The molecule has 9 rings (SSSR count). The SMILES string of the molecule is COc1ccc(C2=NN(C3CCN(C(=O)[C@H](Cc4ccccc4)NC(=O)c4c[nH]c5c(-c6c(OCC7CC7)ccc7c6OCO7)ncnc45)CC3)C(=O)C(C)(C)C2)cc1OC. The second kappa shape index (κ2) is 16.4. The second-order valence-corrected chi connectivity index (χ2v) is 16.7. The topological polar surface area (TPSA) is 170 Å². The van der Waals surface area contributed by atoms with Gasteiger partial charge in [-0.2, -0.15) is 5.10 Å². The number of amides is 3. The molecule has 15 heteroatoms. The summed E-state index contributed by atoms with van der Waals surface area (Å²) in [6, 6.07) is 17.8. The van der Waals surface area contributed by atoms with Gasteiger partial charge in [0.25, 0.3) is 5.91 Å². The van der Waals surface area contributed by atoms with Gasteiger partial charge >= 0.3 is 0 Å². The number of aromatic nitrogens is 3. The van der Waals surface area contributed by atoms with Crippen LogP contribution < -0.4 is 29.0 Å². The summed E-state index contributed by atoms with van der Waals surface area (Å²) in [5.41, 5.74) is 4.15. The molecular formula is C46H49N7O8. The molecular weight excluding hydrogens is 779 g/mol. The van der Waals surface area contributed by atoms with Crippen molar-refractivity contribution >= 4 is 34.5 Å². The Morgan fingerprint density at radius 2 is 1.72 bits per heavy atom. The van der Waals surface area contributed by atoms with E-state index in [1.165, 1.54) is 6.33 Å². The third kappa shape index (κ3) is 7.91. The first-order valence-corrected chi connectivity index (χ1v) is 20.8. The Morgan fingerprint density at radius 3 is 2.48 bits per heavy atom. The van der Waals surface area contributed by atoms with Crippen molar-refractivity contribution in [2.24, 2.45) is 16.4 Å². The zero-order chi connectivity index (χ0) is 42.3. The van der Waals surface area contributed by atoms with Crippen molar-refractivity contribution in [3.05, 3.63) is 89.9 Å². The minimum Gasteiger partial charge on any atom is -0.493 e. The van der Waals surface area contributed by atoms with Gasteiger partial charge in [0, 0.05) is 37.7 Å². The van der Waals surface area contributed by atoms with Crippen LogP contribution in [0.1, 0.15) is 67.4 Å². The number of hydrazone groups is 1. The smallest absolute Gasteiger partial charge is 0.255 e. The van der Waals surface area contributed by atoms with E-state index in [1.807, 2.05) is 74.5 Å². The number of benzene rings is 3. The van der Waals surface area contributed by atoms with E-state index in [2.05, 4.69) is 20.3 Å². The molecule has 1 saturated heterocycles. The van der Waals surface area contributed by atoms with Gasteiger partial charge < -0.3 is 38.9 Å². The van der Waals surface area contributed by atoms with Gasteiger partial charge in [0.2, 0.25) is 18.6 Å². The molecule has 1 atom stereocenters. The molecule has 4 aliphatic rings. The maximum Gasteiger partial charge on any atom is 0.255 e. The van der Waals surface area contributed by atoms with E-state index < -0.39 is 17.4 Å². The number of carbonyl (C=O) groups is 3. The van der Waals surface area contributed by atoms with Crippen molar-refractivity contribution in [2.75, 3.05) is 40.7 Å². The van der Waals surface area contributed by atoms with Crippen LogP contribution in [0.5, 0.6) is 28.7 Å². The number of likely N-dealkylation sites (tertiary alicyclic amines) is 1. The number of piperidine rings is 1. The third-order valence-corrected chi connectivity index (χ3v) is 12.0. The van der Waals surface area contributed by atoms with Crippen molar-refractivity contribution in [1.82, 2.24) is 30.2 Å². The third-order valence-electron chi connectivity index (χ3n) is 12.0. The molecule has 0 spiro atoms. The van der Waals surface area contributed by atoms with E-state index >= 15 is 0 Å². The number of aromatic amines is 1. The summed E-state index contributed by atoms with van der Waals surface area (Å²) in [5.74, 6) is 2.69. The quantitative estimate of drug-likeness (QED) is 0.140. The fourth-order valence-corrected chi connectivity index (χ4v) is 8.37. The first-order chi connectivity index (χ1) is 29.6. The molecule has 1 saturated carbocycles. The maximum atomic E-state index is 14.5. The standard InChI is InChI=1S/C46H49N7O8/c1-46(2)22-33(29-12-13-34(57-3)37(21-29)58-4)51-53(45(46)56)30-16-18-52(19-17-30)44(55)32(20-27-8-6-5-7-9-27)50-43(54)31-23-47-41-39(31)48-25-49-40(41)38-35(59-24-28-10-11-28)14-15-36-42(38)61-26-60-36/h5-9,12-15,21,23,25,28,30,32,47H,10-11,16-20,22,24,26H2,1-4H3,(H,50,54)/t32-/m0/s1. The molecule has 0 unspecified atom stereocenters. The van der Waals surface area contributed by atoms with Gasteiger partial charge in [0.15, 0.2) is 23.0 Å². The number of hydrogen-bond acceptors (Lipinski definition) is 11. The van der Waals surface area contributed by atoms with Crippen LogP contribution in [0.2, 0.25) is 0 Å². The van der Waals surface area contributed by atoms with Gasteiger partial charge in [0.1, 0.15) is 29.3 Å². The molecule has 5 heterocycles. The second-order valence-electron chi connectivity index (χ2n) is 16.7. The average Bonchev–Trinajstić information content (AvgIpc) is 3.80. The predicted octanol–water partition coefficient (Wildman–Crippen LogP) is 6.15. The van der Waals surface area contributed by atoms with E-state index in [1.54, 1.807) is 30.3 Å². The highest BCUT2D eigenvalue weighted by molar-refractivity contribution is 6.09. The number of fused-ring (bicyclic) bond motifs is 2. The number of hydrogen-bond donors (Lipinski definition) is 2. The molecule has 5 aromatic rings. The number of methoxy groups -OCH3 is 2. The molecule has 3 aliphatic heterocycles. The molecule has 15 nitrogen and oxygen atoms in total. The first kappa shape index (κ1) is 39.8. The maximum absolute atomic E-state index is 14.5. The number of carbonyl (C=O) groups excluding carboxylic acids is 3. The Labute approximate surface area is 353 Å². The van der Waals surface area contributed by atoms with Crippen LogP contribution in [0.15, 0.2) is 78.3 Å². The van der Waals surface area contributed by atoms with Crippen LogP contribution in [0.4, 0.5) is 0 Å². The lowest BCUT2D eigenvalue weighted by Crippen LogP contribution is -2.55. The summed E-state index contributed by atoms with van der Waals surface area (Å²) < 4.78 is 28.9. The average molecular weight is 828 g/mol. The van der Waals surface area contributed by atoms with Gasteiger partial charge in [-0.1, -0.05) is 44.2 Å². The van der Waals surface area contributed by atoms with Crippen molar-refractivity contribution in [2.45, 2.75) is 64.5 Å². The molecule has 2 N–H and O–H groups in total. The number of nitrogens with zero attached hydrogens (tertiary/aromatic N) is 5. The molecule has 0 bridgehead atoms. The van der Waals surface area contributed by atoms with Crippen LogP contribution in [0.25, 0.3) is 22.3 Å². The van der Waals surface area contributed by atoms with Gasteiger partial charge in [0.05, 0.1) is 54.6 Å². The van der Waals surface area contributed by atoms with E-state index in [0.29, 0.717) is 95.9 Å². The lowest BCUT2D eigenvalue weighted by molar-refractivity contribution is -0.145. The normalized spacial score (nSPS) is 17.8. The highest BCUT2D eigenvalue weighted by Crippen LogP contribution is 2.48. The summed E-state index contributed by atoms with van der Waals surface area (Å²) in [6.45, 7) is 5.30. The van der Waals surface area contributed by atoms with Crippen LogP contribution in [0, 0.1) is 11.3 Å². The molecule has 3 aromatic carbocycles. The van der Waals surface area contributed by atoms with Crippen LogP contribution in [0.3, 0.4) is 0 Å². The van der Waals surface area contributed by atoms with Crippen molar-refractivity contribution in [1.29, 1.82) is 0 Å². The molecule has 3 amide bonds. The van der Waals surface area contributed by atoms with Crippen LogP contribution in [-0.2, 0) is 16.0 Å². The van der Waals surface area contributed by atoms with Crippen molar-refractivity contribution in [3.63, 3.8) is 0 Å². The number of nitrogens with one attached hydrogen (secondary N) is 2. The Bertz CT molecular complexity index is 2510. The van der Waals surface area contributed by atoms with Crippen molar-refractivity contribution in [3.8, 4) is 40.0 Å². The number of H-pyrrole nitrogens is 1. The predicted molar refractivity (Wildman–Crippen MR) is 226 cm³/mol. The molecule has 1 aliphatic carbocycles. The Kier molecular flexibility index (Phi) is 10.7. The first-order valence-electron chi connectivity index (χ1n) is 20.8. The van der Waals surface area contributed by atoms with Gasteiger partial charge in [-0.3, -0.25) is 14.4 Å². The summed E-state index contributed by atoms with van der Waals surface area (Å²) in [7, 11) is 3.18. The monoisotopic (exact) mass is 827 g/mol. The Morgan fingerprint density at radius 1 is 0.951 bits per heavy atom. The van der Waals surface area contributed by atoms with Crippen molar-refractivity contribution < 1.29 is 38.1 Å². The van der Waals surface area contributed by atoms with E-state index in [4.69, 9.17) is 28.8 Å². The highest BCUT2D eigenvalue weighted by atomic mass is 16.7. The summed E-state index contributed by atoms with van der Waals surface area (Å²) in [5, 5.41) is 9.59. The van der Waals surface area contributed by atoms with E-state index in [0.717, 1.165) is 29.7 Å². The molecule has 2 fully saturated rings. The largest absolute Gasteiger partial charge is 0.493 e. The van der Waals surface area contributed by atoms with Gasteiger partial charge in [-0.05, 0) is 67.5 Å². The molecule has 2 aromatic heterocycles. The van der Waals surface area contributed by atoms with Gasteiger partial charge in [-0.15, -0.1) is 0 Å². The van der Waals surface area contributed by atoms with E-state index in [9.17, 15) is 14.4 Å². The van der Waals surface area contributed by atoms with Crippen LogP contribution in [-0.4, -0.2) is 101 Å². The van der Waals surface area contributed by atoms with Crippen LogP contribution >= 0.6 is 0 Å². The minimum atomic E-state index is -0.881. The van der Waals surface area contributed by atoms with Gasteiger partial charge in [-0.25, -0.2) is 15.0 Å². The minimum absolute atomic E-state index is 0.0547. The fraction of sp³-hybridized carbons (Fsp3) is 0.391. The Balaban J connectivity index is 0.945. The Hall–Kier alpha value is -6.64. The lowest BCUT2D eigenvalue weighted by Gasteiger charge is -2.42. The van der Waals surface area contributed by atoms with E-state index in [-0.39, 0.29) is 36.6 Å². The number of rotatable bonds is 13. The molecule has 316 valence electrons. The summed E-state index contributed by atoms with van der Waals surface area (Å²) in [6.07, 6.45) is 7.06. The number of ether oxygens (including phenoxy) is 5. The lowest BCUT2D eigenvalue weighted by atomic mass is 9.82. The fourth-order valence-electron chi connectivity index (χ4n) is 8.37. The zero-order valence-corrected chi connectivity index (χ0v) is 34.7. The molecule has 0 radical (unpaired) electrons. The zero-order valence-electron chi connectivity index (χ0n) is 34.7. The molecule has 61 heavy (non-hydrogen) atoms. The highest BCUT2D eigenvalue weighted by Gasteiger charge is 2.43. The summed E-state index contributed by atoms with van der Waals surface area (Å²) >= 11 is 0.